The maximum absolute atomic E-state index is 13.2. The zero-order chi connectivity index (χ0) is 21.0. The average molecular weight is 431 g/mol. The summed E-state index contributed by atoms with van der Waals surface area (Å²) in [4.78, 5) is 24.5. The van der Waals surface area contributed by atoms with Gasteiger partial charge < -0.3 is 0 Å². The van der Waals surface area contributed by atoms with Crippen molar-refractivity contribution in [3.05, 3.63) is 63.7 Å². The Morgan fingerprint density at radius 1 is 1.10 bits per heavy atom. The largest absolute Gasteiger partial charge is 0.297 e. The fourth-order valence-electron chi connectivity index (χ4n) is 3.45. The molecular weight excluding hydrogens is 404 g/mol. The van der Waals surface area contributed by atoms with Gasteiger partial charge in [-0.25, -0.2) is 9.97 Å². The van der Waals surface area contributed by atoms with Crippen LogP contribution in [0.25, 0.3) is 10.9 Å². The van der Waals surface area contributed by atoms with E-state index in [1.165, 1.54) is 11.8 Å². The van der Waals surface area contributed by atoms with E-state index in [9.17, 15) is 4.79 Å². The van der Waals surface area contributed by atoms with Crippen molar-refractivity contribution in [2.75, 3.05) is 6.54 Å². The standard InChI is InChI=1S/C22H27ClN4OS/c1-15(2)26(16(3)4)12-13-27-21(28)18-9-5-6-10-19(18)25-22(27)29-14-17-8-7-11-24-20(17)23/h5-11,15-16H,12-14H2,1-4H3. The number of pyridine rings is 1. The Balaban J connectivity index is 1.95. The lowest BCUT2D eigenvalue weighted by molar-refractivity contribution is 0.166. The molecule has 1 aromatic carbocycles. The maximum Gasteiger partial charge on any atom is 0.262 e. The highest BCUT2D eigenvalue weighted by Gasteiger charge is 2.17. The molecule has 0 amide bonds. The Hall–Kier alpha value is -1.89. The Morgan fingerprint density at radius 3 is 2.52 bits per heavy atom. The van der Waals surface area contributed by atoms with Crippen LogP contribution < -0.4 is 5.56 Å². The number of rotatable bonds is 8. The molecule has 3 rings (SSSR count). The first kappa shape index (κ1) is 21.8. The van der Waals surface area contributed by atoms with Gasteiger partial charge >= 0.3 is 0 Å². The van der Waals surface area contributed by atoms with Crippen LogP contribution in [0.2, 0.25) is 5.15 Å². The number of nitrogens with zero attached hydrogens (tertiary/aromatic N) is 4. The van der Waals surface area contributed by atoms with Crippen molar-refractivity contribution in [3.8, 4) is 0 Å². The molecular formula is C22H27ClN4OS. The Morgan fingerprint density at radius 2 is 1.83 bits per heavy atom. The first-order valence-corrected chi connectivity index (χ1v) is 11.2. The lowest BCUT2D eigenvalue weighted by Gasteiger charge is -2.30. The van der Waals surface area contributed by atoms with Gasteiger partial charge in [0.25, 0.3) is 5.56 Å². The zero-order valence-electron chi connectivity index (χ0n) is 17.3. The average Bonchev–Trinajstić information content (AvgIpc) is 2.69. The minimum atomic E-state index is 0.00264. The number of thioether (sulfide) groups is 1. The smallest absolute Gasteiger partial charge is 0.262 e. The summed E-state index contributed by atoms with van der Waals surface area (Å²) in [6.07, 6.45) is 1.67. The van der Waals surface area contributed by atoms with Crippen molar-refractivity contribution in [1.29, 1.82) is 0 Å². The molecule has 0 saturated carbocycles. The van der Waals surface area contributed by atoms with Gasteiger partial charge in [-0.2, -0.15) is 0 Å². The Kier molecular flexibility index (Phi) is 7.33. The van der Waals surface area contributed by atoms with Crippen LogP contribution in [0.3, 0.4) is 0 Å². The van der Waals surface area contributed by atoms with Crippen molar-refractivity contribution < 1.29 is 0 Å². The number of aromatic nitrogens is 3. The van der Waals surface area contributed by atoms with Crippen LogP contribution in [0.1, 0.15) is 33.3 Å². The molecule has 0 unspecified atom stereocenters. The summed E-state index contributed by atoms with van der Waals surface area (Å²) in [6, 6.07) is 12.1. The monoisotopic (exact) mass is 430 g/mol. The summed E-state index contributed by atoms with van der Waals surface area (Å²) in [5, 5.41) is 1.85. The highest BCUT2D eigenvalue weighted by atomic mass is 35.5. The molecule has 0 bridgehead atoms. The fraction of sp³-hybridized carbons (Fsp3) is 0.409. The molecule has 0 radical (unpaired) electrons. The minimum absolute atomic E-state index is 0.00264. The second kappa shape index (κ2) is 9.74. The third-order valence-corrected chi connectivity index (χ3v) is 6.29. The summed E-state index contributed by atoms with van der Waals surface area (Å²) >= 11 is 7.73. The van der Waals surface area contributed by atoms with Crippen molar-refractivity contribution in [1.82, 2.24) is 19.4 Å². The van der Waals surface area contributed by atoms with Crippen LogP contribution >= 0.6 is 23.4 Å². The fourth-order valence-corrected chi connectivity index (χ4v) is 4.73. The first-order valence-electron chi connectivity index (χ1n) is 9.86. The number of hydrogen-bond donors (Lipinski definition) is 0. The Bertz CT molecular complexity index is 1030. The molecule has 0 aliphatic heterocycles. The summed E-state index contributed by atoms with van der Waals surface area (Å²) in [5.74, 6) is 0.607. The summed E-state index contributed by atoms with van der Waals surface area (Å²) in [5.41, 5.74) is 1.65. The van der Waals surface area contributed by atoms with Crippen molar-refractivity contribution in [2.24, 2.45) is 0 Å². The number of hydrogen-bond acceptors (Lipinski definition) is 5. The van der Waals surface area contributed by atoms with Gasteiger partial charge in [0.15, 0.2) is 5.16 Å². The second-order valence-corrected chi connectivity index (χ2v) is 8.84. The molecule has 3 aromatic rings. The molecule has 0 fully saturated rings. The number of para-hydroxylation sites is 1. The molecule has 0 N–H and O–H groups in total. The maximum atomic E-state index is 13.2. The first-order chi connectivity index (χ1) is 13.9. The molecule has 7 heteroatoms. The highest BCUT2D eigenvalue weighted by Crippen LogP contribution is 2.25. The van der Waals surface area contributed by atoms with Gasteiger partial charge in [0, 0.05) is 37.1 Å². The van der Waals surface area contributed by atoms with E-state index in [0.717, 1.165) is 17.6 Å². The summed E-state index contributed by atoms with van der Waals surface area (Å²) in [7, 11) is 0. The van der Waals surface area contributed by atoms with Crippen LogP contribution in [0.4, 0.5) is 0 Å². The predicted octanol–water partition coefficient (Wildman–Crippen LogP) is 4.86. The lowest BCUT2D eigenvalue weighted by Crippen LogP contribution is -2.40. The van der Waals surface area contributed by atoms with Crippen molar-refractivity contribution in [2.45, 2.75) is 57.2 Å². The molecule has 0 aliphatic carbocycles. The van der Waals surface area contributed by atoms with Crippen LogP contribution in [-0.2, 0) is 12.3 Å². The second-order valence-electron chi connectivity index (χ2n) is 7.54. The molecule has 0 atom stereocenters. The van der Waals surface area contributed by atoms with Gasteiger partial charge in [-0.1, -0.05) is 41.6 Å². The van der Waals surface area contributed by atoms with Crippen LogP contribution in [0.15, 0.2) is 52.5 Å². The molecule has 154 valence electrons. The number of benzene rings is 1. The normalized spacial score (nSPS) is 11.9. The van der Waals surface area contributed by atoms with Gasteiger partial charge in [0.05, 0.1) is 10.9 Å². The molecule has 2 heterocycles. The SMILES string of the molecule is CC(C)N(CCn1c(SCc2cccnc2Cl)nc2ccccc2c1=O)C(C)C. The quantitative estimate of drug-likeness (QED) is 0.290. The molecule has 0 saturated heterocycles. The van der Waals surface area contributed by atoms with Gasteiger partial charge in [0.1, 0.15) is 5.15 Å². The van der Waals surface area contributed by atoms with E-state index in [4.69, 9.17) is 16.6 Å². The third kappa shape index (κ3) is 5.18. The summed E-state index contributed by atoms with van der Waals surface area (Å²) in [6.45, 7) is 10.1. The highest BCUT2D eigenvalue weighted by molar-refractivity contribution is 7.98. The summed E-state index contributed by atoms with van der Waals surface area (Å²) < 4.78 is 1.80. The molecule has 5 nitrogen and oxygen atoms in total. The van der Waals surface area contributed by atoms with E-state index in [1.54, 1.807) is 10.8 Å². The number of fused-ring (bicyclic) bond motifs is 1. The van der Waals surface area contributed by atoms with Crippen LogP contribution in [0, 0.1) is 0 Å². The molecule has 0 aliphatic rings. The van der Waals surface area contributed by atoms with Crippen LogP contribution in [0.5, 0.6) is 0 Å². The predicted molar refractivity (Wildman–Crippen MR) is 122 cm³/mol. The Labute approximate surface area is 181 Å². The van der Waals surface area contributed by atoms with Gasteiger partial charge in [0.2, 0.25) is 0 Å². The lowest BCUT2D eigenvalue weighted by atomic mass is 10.2. The molecule has 0 spiro atoms. The molecule has 2 aromatic heterocycles. The van der Waals surface area contributed by atoms with Crippen molar-refractivity contribution in [3.63, 3.8) is 0 Å². The number of halogens is 1. The van der Waals surface area contributed by atoms with E-state index in [2.05, 4.69) is 37.6 Å². The van der Waals surface area contributed by atoms with E-state index < -0.39 is 0 Å². The van der Waals surface area contributed by atoms with Gasteiger partial charge in [-0.15, -0.1) is 0 Å². The van der Waals surface area contributed by atoms with E-state index in [-0.39, 0.29) is 5.56 Å². The third-order valence-electron chi connectivity index (χ3n) is 4.93. The van der Waals surface area contributed by atoms with E-state index in [0.29, 0.717) is 40.1 Å². The van der Waals surface area contributed by atoms with Gasteiger partial charge in [-0.3, -0.25) is 14.3 Å². The van der Waals surface area contributed by atoms with Gasteiger partial charge in [-0.05, 0) is 51.5 Å². The zero-order valence-corrected chi connectivity index (χ0v) is 18.9. The molecule has 29 heavy (non-hydrogen) atoms. The van der Waals surface area contributed by atoms with E-state index in [1.807, 2.05) is 36.4 Å². The minimum Gasteiger partial charge on any atom is -0.297 e. The van der Waals surface area contributed by atoms with Crippen LogP contribution in [-0.4, -0.2) is 38.1 Å². The van der Waals surface area contributed by atoms with Crippen molar-refractivity contribution >= 4 is 34.3 Å². The van der Waals surface area contributed by atoms with E-state index >= 15 is 0 Å². The topological polar surface area (TPSA) is 51.0 Å².